The van der Waals surface area contributed by atoms with Gasteiger partial charge in [-0.1, -0.05) is 23.2 Å². The molecule has 8 heteroatoms. The Bertz CT molecular complexity index is 610. The van der Waals surface area contributed by atoms with Gasteiger partial charge in [-0.25, -0.2) is 9.67 Å². The monoisotopic (exact) mass is 285 g/mol. The SMILES string of the molecule is CNc1nc(-n2cc(C(N)=O)cn2)c(Cl)cc1Cl. The number of pyridine rings is 1. The highest BCUT2D eigenvalue weighted by molar-refractivity contribution is 6.36. The number of aromatic nitrogens is 3. The van der Waals surface area contributed by atoms with Gasteiger partial charge >= 0.3 is 0 Å². The van der Waals surface area contributed by atoms with Gasteiger partial charge < -0.3 is 11.1 Å². The number of nitrogens with one attached hydrogen (secondary N) is 1. The highest BCUT2D eigenvalue weighted by Crippen LogP contribution is 2.27. The molecule has 0 spiro atoms. The molecule has 2 aromatic rings. The molecule has 0 aliphatic heterocycles. The Morgan fingerprint density at radius 2 is 2.17 bits per heavy atom. The molecule has 18 heavy (non-hydrogen) atoms. The molecule has 2 aromatic heterocycles. The summed E-state index contributed by atoms with van der Waals surface area (Å²) in [5.41, 5.74) is 5.42. The largest absolute Gasteiger partial charge is 0.372 e. The first kappa shape index (κ1) is 12.7. The van der Waals surface area contributed by atoms with Gasteiger partial charge in [-0.15, -0.1) is 0 Å². The summed E-state index contributed by atoms with van der Waals surface area (Å²) in [6, 6.07) is 1.54. The van der Waals surface area contributed by atoms with Crippen molar-refractivity contribution in [2.45, 2.75) is 0 Å². The minimum atomic E-state index is -0.569. The third-order valence-electron chi connectivity index (χ3n) is 2.23. The van der Waals surface area contributed by atoms with Crippen LogP contribution in [0.15, 0.2) is 18.5 Å². The number of halogens is 2. The van der Waals surface area contributed by atoms with Crippen LogP contribution in [0.25, 0.3) is 5.82 Å². The lowest BCUT2D eigenvalue weighted by atomic mass is 10.3. The van der Waals surface area contributed by atoms with Gasteiger partial charge in [0.2, 0.25) is 0 Å². The molecular weight excluding hydrogens is 277 g/mol. The van der Waals surface area contributed by atoms with E-state index in [0.29, 0.717) is 21.7 Å². The maximum absolute atomic E-state index is 11.0. The lowest BCUT2D eigenvalue weighted by molar-refractivity contribution is 0.100. The summed E-state index contributed by atoms with van der Waals surface area (Å²) < 4.78 is 1.36. The number of rotatable bonds is 3. The van der Waals surface area contributed by atoms with Crippen LogP contribution >= 0.6 is 23.2 Å². The van der Waals surface area contributed by atoms with E-state index in [-0.39, 0.29) is 5.56 Å². The highest BCUT2D eigenvalue weighted by Gasteiger charge is 2.12. The summed E-state index contributed by atoms with van der Waals surface area (Å²) in [4.78, 5) is 15.2. The molecule has 0 saturated carbocycles. The van der Waals surface area contributed by atoms with E-state index in [2.05, 4.69) is 15.4 Å². The summed E-state index contributed by atoms with van der Waals surface area (Å²) >= 11 is 12.0. The predicted octanol–water partition coefficient (Wildman–Crippen LogP) is 1.71. The van der Waals surface area contributed by atoms with E-state index in [1.807, 2.05) is 0 Å². The summed E-state index contributed by atoms with van der Waals surface area (Å²) in [6.45, 7) is 0. The van der Waals surface area contributed by atoms with E-state index in [9.17, 15) is 4.79 Å². The first-order valence-electron chi connectivity index (χ1n) is 4.91. The van der Waals surface area contributed by atoms with Crippen LogP contribution < -0.4 is 11.1 Å². The van der Waals surface area contributed by atoms with Crippen LogP contribution in [0, 0.1) is 0 Å². The predicted molar refractivity (Wildman–Crippen MR) is 69.4 cm³/mol. The van der Waals surface area contributed by atoms with Gasteiger partial charge in [0.25, 0.3) is 5.91 Å². The van der Waals surface area contributed by atoms with Gasteiger partial charge in [0, 0.05) is 13.2 Å². The summed E-state index contributed by atoms with van der Waals surface area (Å²) in [7, 11) is 1.68. The number of carbonyl (C=O) groups is 1. The van der Waals surface area contributed by atoms with Crippen LogP contribution in [0.3, 0.4) is 0 Å². The van der Waals surface area contributed by atoms with E-state index in [1.54, 1.807) is 13.1 Å². The Labute approximate surface area is 113 Å². The van der Waals surface area contributed by atoms with Gasteiger partial charge in [-0.05, 0) is 6.07 Å². The zero-order valence-electron chi connectivity index (χ0n) is 9.32. The number of nitrogens with two attached hydrogens (primary N) is 1. The molecule has 0 saturated heterocycles. The molecule has 94 valence electrons. The van der Waals surface area contributed by atoms with E-state index in [0.717, 1.165) is 0 Å². The van der Waals surface area contributed by atoms with Crippen LogP contribution in [0.2, 0.25) is 10.0 Å². The van der Waals surface area contributed by atoms with Gasteiger partial charge in [-0.3, -0.25) is 4.79 Å². The number of primary amides is 1. The number of hydrogen-bond donors (Lipinski definition) is 2. The number of anilines is 1. The second-order valence-electron chi connectivity index (χ2n) is 3.41. The van der Waals surface area contributed by atoms with Gasteiger partial charge in [0.15, 0.2) is 5.82 Å². The van der Waals surface area contributed by atoms with Crippen molar-refractivity contribution in [1.29, 1.82) is 0 Å². The molecule has 0 unspecified atom stereocenters. The van der Waals surface area contributed by atoms with Crippen LogP contribution in [-0.4, -0.2) is 27.7 Å². The molecule has 0 radical (unpaired) electrons. The summed E-state index contributed by atoms with van der Waals surface area (Å²) in [5.74, 6) is 0.255. The normalized spacial score (nSPS) is 10.4. The van der Waals surface area contributed by atoms with Crippen molar-refractivity contribution in [2.75, 3.05) is 12.4 Å². The second-order valence-corrected chi connectivity index (χ2v) is 4.23. The molecular formula is C10H9Cl2N5O. The van der Waals surface area contributed by atoms with Crippen molar-refractivity contribution in [3.63, 3.8) is 0 Å². The molecule has 6 nitrogen and oxygen atoms in total. The minimum absolute atomic E-state index is 0.272. The van der Waals surface area contributed by atoms with Gasteiger partial charge in [0.1, 0.15) is 5.82 Å². The molecule has 0 aliphatic carbocycles. The third-order valence-corrected chi connectivity index (χ3v) is 2.80. The average molecular weight is 286 g/mol. The third kappa shape index (κ3) is 2.25. The quantitative estimate of drug-likeness (QED) is 0.899. The van der Waals surface area contributed by atoms with Crippen LogP contribution in [0.4, 0.5) is 5.82 Å². The molecule has 2 rings (SSSR count). The second kappa shape index (κ2) is 4.83. The first-order chi connectivity index (χ1) is 8.52. The van der Waals surface area contributed by atoms with Crippen LogP contribution in [0.1, 0.15) is 10.4 Å². The van der Waals surface area contributed by atoms with Crippen molar-refractivity contribution < 1.29 is 4.79 Å². The Morgan fingerprint density at radius 3 is 2.72 bits per heavy atom. The number of hydrogen-bond acceptors (Lipinski definition) is 4. The van der Waals surface area contributed by atoms with E-state index in [4.69, 9.17) is 28.9 Å². The Balaban J connectivity index is 2.52. The van der Waals surface area contributed by atoms with Crippen molar-refractivity contribution in [1.82, 2.24) is 14.8 Å². The number of amides is 1. The average Bonchev–Trinajstić information content (AvgIpc) is 2.78. The van der Waals surface area contributed by atoms with Crippen molar-refractivity contribution in [2.24, 2.45) is 5.73 Å². The minimum Gasteiger partial charge on any atom is -0.372 e. The molecule has 0 fully saturated rings. The van der Waals surface area contributed by atoms with Crippen molar-refractivity contribution in [3.05, 3.63) is 34.1 Å². The maximum atomic E-state index is 11.0. The number of carbonyl (C=O) groups excluding carboxylic acids is 1. The lowest BCUT2D eigenvalue weighted by Gasteiger charge is -2.08. The summed E-state index contributed by atoms with van der Waals surface area (Å²) in [6.07, 6.45) is 2.79. The molecule has 0 aliphatic rings. The molecule has 2 heterocycles. The van der Waals surface area contributed by atoms with Gasteiger partial charge in [0.05, 0.1) is 21.8 Å². The van der Waals surface area contributed by atoms with E-state index in [1.165, 1.54) is 17.1 Å². The molecule has 3 N–H and O–H groups in total. The smallest absolute Gasteiger partial charge is 0.251 e. The molecule has 0 bridgehead atoms. The van der Waals surface area contributed by atoms with Crippen LogP contribution in [0.5, 0.6) is 0 Å². The fourth-order valence-corrected chi connectivity index (χ4v) is 1.90. The topological polar surface area (TPSA) is 85.8 Å². The van der Waals surface area contributed by atoms with Crippen molar-refractivity contribution in [3.8, 4) is 5.82 Å². The zero-order chi connectivity index (χ0) is 13.3. The Morgan fingerprint density at radius 1 is 1.44 bits per heavy atom. The standard InChI is InChI=1S/C10H9Cl2N5O/c1-14-9-6(11)2-7(12)10(16-9)17-4-5(3-15-17)8(13)18/h2-4H,1H3,(H2,13,18)(H,14,16). The zero-order valence-corrected chi connectivity index (χ0v) is 10.8. The van der Waals surface area contributed by atoms with Gasteiger partial charge in [-0.2, -0.15) is 5.10 Å². The maximum Gasteiger partial charge on any atom is 0.251 e. The fourth-order valence-electron chi connectivity index (χ4n) is 1.36. The van der Waals surface area contributed by atoms with Crippen molar-refractivity contribution >= 4 is 34.9 Å². The fraction of sp³-hybridized carbons (Fsp3) is 0.100. The molecule has 1 amide bonds. The number of nitrogens with zero attached hydrogens (tertiary/aromatic N) is 3. The highest BCUT2D eigenvalue weighted by atomic mass is 35.5. The first-order valence-corrected chi connectivity index (χ1v) is 5.67. The van der Waals surface area contributed by atoms with E-state index >= 15 is 0 Å². The lowest BCUT2D eigenvalue weighted by Crippen LogP contribution is -2.09. The Hall–Kier alpha value is -1.79. The Kier molecular flexibility index (Phi) is 3.40. The van der Waals surface area contributed by atoms with E-state index < -0.39 is 5.91 Å². The summed E-state index contributed by atoms with van der Waals surface area (Å²) in [5, 5.41) is 7.51. The van der Waals surface area contributed by atoms with Crippen LogP contribution in [-0.2, 0) is 0 Å². The molecule has 0 aromatic carbocycles. The molecule has 0 atom stereocenters.